The first-order valence-corrected chi connectivity index (χ1v) is 11.2. The van der Waals surface area contributed by atoms with E-state index in [4.69, 9.17) is 11.6 Å². The van der Waals surface area contributed by atoms with Gasteiger partial charge in [-0.3, -0.25) is 0 Å². The van der Waals surface area contributed by atoms with Crippen molar-refractivity contribution in [2.45, 2.75) is 5.75 Å². The molecular weight excluding hydrogens is 374 g/mol. The number of nitrogens with one attached hydrogen (secondary N) is 1. The van der Waals surface area contributed by atoms with Crippen molar-refractivity contribution in [1.82, 2.24) is 13.9 Å². The summed E-state index contributed by atoms with van der Waals surface area (Å²) in [5, 5.41) is 0.530. The molecule has 24 heavy (non-hydrogen) atoms. The van der Waals surface area contributed by atoms with Gasteiger partial charge in [-0.2, -0.15) is 4.31 Å². The van der Waals surface area contributed by atoms with Crippen molar-refractivity contribution in [3.63, 3.8) is 0 Å². The molecule has 0 saturated carbocycles. The van der Waals surface area contributed by atoms with Gasteiger partial charge in [-0.15, -0.1) is 0 Å². The predicted octanol–water partition coefficient (Wildman–Crippen LogP) is 0.337. The van der Waals surface area contributed by atoms with E-state index in [9.17, 15) is 16.8 Å². The van der Waals surface area contributed by atoms with Crippen molar-refractivity contribution in [1.29, 1.82) is 0 Å². The Balaban J connectivity index is 1.84. The highest BCUT2D eigenvalue weighted by Crippen LogP contribution is 2.12. The minimum atomic E-state index is -3.59. The number of hydrogen-bond acceptors (Lipinski definition) is 5. The molecule has 1 aliphatic rings. The summed E-state index contributed by atoms with van der Waals surface area (Å²) in [5.41, 5.74) is 0.592. The fourth-order valence-electron chi connectivity index (χ4n) is 2.37. The van der Waals surface area contributed by atoms with Gasteiger partial charge in [0.05, 0.1) is 11.5 Å². The van der Waals surface area contributed by atoms with Gasteiger partial charge in [0.15, 0.2) is 0 Å². The first kappa shape index (κ1) is 19.6. The molecular formula is C14H22ClN3O4S2. The zero-order valence-electron chi connectivity index (χ0n) is 13.5. The molecule has 1 saturated heterocycles. The highest BCUT2D eigenvalue weighted by molar-refractivity contribution is 7.89. The molecule has 1 aliphatic heterocycles. The maximum absolute atomic E-state index is 12.2. The largest absolute Gasteiger partial charge is 0.304 e. The first-order valence-electron chi connectivity index (χ1n) is 7.56. The normalized spacial score (nSPS) is 17.9. The maximum Gasteiger partial charge on any atom is 0.215 e. The average Bonchev–Trinajstić information content (AvgIpc) is 2.49. The fraction of sp³-hybridized carbons (Fsp3) is 0.571. The molecule has 1 aromatic carbocycles. The van der Waals surface area contributed by atoms with Crippen LogP contribution in [0.3, 0.4) is 0 Å². The van der Waals surface area contributed by atoms with Crippen molar-refractivity contribution in [3.05, 3.63) is 34.9 Å². The Morgan fingerprint density at radius 3 is 2.21 bits per heavy atom. The lowest BCUT2D eigenvalue weighted by atomic mass is 10.2. The van der Waals surface area contributed by atoms with Gasteiger partial charge in [-0.25, -0.2) is 21.6 Å². The second kappa shape index (κ2) is 8.11. The Bertz CT molecular complexity index is 743. The third kappa shape index (κ3) is 5.98. The summed E-state index contributed by atoms with van der Waals surface area (Å²) in [6.45, 7) is 2.11. The number of sulfonamides is 2. The molecule has 0 atom stereocenters. The summed E-state index contributed by atoms with van der Waals surface area (Å²) in [6.07, 6.45) is 0. The molecule has 2 rings (SSSR count). The number of rotatable bonds is 7. The van der Waals surface area contributed by atoms with Gasteiger partial charge in [0, 0.05) is 37.7 Å². The molecule has 0 aliphatic carbocycles. The lowest BCUT2D eigenvalue weighted by molar-refractivity contribution is 0.222. The van der Waals surface area contributed by atoms with E-state index in [-0.39, 0.29) is 18.1 Å². The van der Waals surface area contributed by atoms with Crippen molar-refractivity contribution in [3.8, 4) is 0 Å². The van der Waals surface area contributed by atoms with Gasteiger partial charge in [-0.05, 0) is 24.7 Å². The molecule has 10 heteroatoms. The zero-order valence-corrected chi connectivity index (χ0v) is 15.9. The molecule has 0 aromatic heterocycles. The molecule has 0 amide bonds. The minimum Gasteiger partial charge on any atom is -0.304 e. The van der Waals surface area contributed by atoms with E-state index in [0.717, 1.165) is 0 Å². The van der Waals surface area contributed by atoms with Gasteiger partial charge in [0.2, 0.25) is 20.0 Å². The van der Waals surface area contributed by atoms with E-state index in [0.29, 0.717) is 36.8 Å². The summed E-state index contributed by atoms with van der Waals surface area (Å²) in [5.74, 6) is -0.449. The highest BCUT2D eigenvalue weighted by atomic mass is 35.5. The van der Waals surface area contributed by atoms with Crippen LogP contribution in [0.2, 0.25) is 5.02 Å². The molecule has 0 spiro atoms. The summed E-state index contributed by atoms with van der Waals surface area (Å²) < 4.78 is 52.3. The Morgan fingerprint density at radius 2 is 1.62 bits per heavy atom. The zero-order chi connectivity index (χ0) is 17.8. The van der Waals surface area contributed by atoms with E-state index in [1.165, 1.54) is 4.31 Å². The number of halogens is 1. The molecule has 1 aromatic rings. The Hall–Kier alpha value is -0.710. The third-order valence-electron chi connectivity index (χ3n) is 3.81. The molecule has 1 N–H and O–H groups in total. The van der Waals surface area contributed by atoms with Crippen molar-refractivity contribution in [2.75, 3.05) is 45.5 Å². The van der Waals surface area contributed by atoms with Crippen LogP contribution in [0, 0.1) is 0 Å². The average molecular weight is 396 g/mol. The number of piperazine rings is 1. The van der Waals surface area contributed by atoms with Gasteiger partial charge in [0.1, 0.15) is 0 Å². The van der Waals surface area contributed by atoms with Crippen LogP contribution < -0.4 is 4.72 Å². The molecule has 136 valence electrons. The van der Waals surface area contributed by atoms with E-state index in [1.54, 1.807) is 24.3 Å². The van der Waals surface area contributed by atoms with Crippen molar-refractivity contribution >= 4 is 31.6 Å². The maximum atomic E-state index is 12.2. The van der Waals surface area contributed by atoms with Gasteiger partial charge >= 0.3 is 0 Å². The molecule has 1 heterocycles. The number of benzene rings is 1. The molecule has 0 radical (unpaired) electrons. The highest BCUT2D eigenvalue weighted by Gasteiger charge is 2.25. The van der Waals surface area contributed by atoms with Crippen LogP contribution in [-0.4, -0.2) is 71.6 Å². The SMILES string of the molecule is CN1CCN(S(=O)(=O)CCNS(=O)(=O)Cc2ccc(Cl)cc2)CC1. The van der Waals surface area contributed by atoms with Gasteiger partial charge < -0.3 is 4.90 Å². The van der Waals surface area contributed by atoms with Crippen LogP contribution in [0.5, 0.6) is 0 Å². The van der Waals surface area contributed by atoms with Crippen LogP contribution in [0.1, 0.15) is 5.56 Å². The smallest absolute Gasteiger partial charge is 0.215 e. The van der Waals surface area contributed by atoms with E-state index in [2.05, 4.69) is 9.62 Å². The summed E-state index contributed by atoms with van der Waals surface area (Å²) >= 11 is 5.76. The van der Waals surface area contributed by atoms with Gasteiger partial charge in [0.25, 0.3) is 0 Å². The van der Waals surface area contributed by atoms with Crippen LogP contribution in [-0.2, 0) is 25.8 Å². The Morgan fingerprint density at radius 1 is 1.04 bits per heavy atom. The van der Waals surface area contributed by atoms with E-state index < -0.39 is 20.0 Å². The monoisotopic (exact) mass is 395 g/mol. The third-order valence-corrected chi connectivity index (χ3v) is 7.29. The summed E-state index contributed by atoms with van der Waals surface area (Å²) in [7, 11) is -5.10. The minimum absolute atomic E-state index is 0.134. The second-order valence-electron chi connectivity index (χ2n) is 5.80. The van der Waals surface area contributed by atoms with Crippen LogP contribution in [0.25, 0.3) is 0 Å². The predicted molar refractivity (Wildman–Crippen MR) is 94.9 cm³/mol. The number of nitrogens with zero attached hydrogens (tertiary/aromatic N) is 2. The Kier molecular flexibility index (Phi) is 6.63. The van der Waals surface area contributed by atoms with Crippen LogP contribution in [0.4, 0.5) is 0 Å². The summed E-state index contributed by atoms with van der Waals surface area (Å²) in [6, 6.07) is 6.49. The fourth-order valence-corrected chi connectivity index (χ4v) is 5.11. The molecule has 0 bridgehead atoms. The lowest BCUT2D eigenvalue weighted by Gasteiger charge is -2.31. The van der Waals surface area contributed by atoms with Gasteiger partial charge in [-0.1, -0.05) is 23.7 Å². The molecule has 7 nitrogen and oxygen atoms in total. The Labute approximate surface area is 148 Å². The molecule has 0 unspecified atom stereocenters. The number of likely N-dealkylation sites (N-methyl/N-ethyl adjacent to an activating group) is 1. The topological polar surface area (TPSA) is 86.8 Å². The van der Waals surface area contributed by atoms with E-state index in [1.807, 2.05) is 7.05 Å². The number of hydrogen-bond donors (Lipinski definition) is 1. The lowest BCUT2D eigenvalue weighted by Crippen LogP contribution is -2.48. The molecule has 1 fully saturated rings. The van der Waals surface area contributed by atoms with E-state index >= 15 is 0 Å². The standard InChI is InChI=1S/C14H22ClN3O4S2/c1-17-7-9-18(10-8-17)24(21,22)11-6-16-23(19,20)12-13-2-4-14(15)5-3-13/h2-5,16H,6-12H2,1H3. The van der Waals surface area contributed by atoms with Crippen LogP contribution in [0.15, 0.2) is 24.3 Å². The second-order valence-corrected chi connectivity index (χ2v) is 10.1. The van der Waals surface area contributed by atoms with Crippen LogP contribution >= 0.6 is 11.6 Å². The quantitative estimate of drug-likeness (QED) is 0.719. The first-order chi connectivity index (χ1) is 11.2. The van der Waals surface area contributed by atoms with Crippen molar-refractivity contribution in [2.24, 2.45) is 0 Å². The summed E-state index contributed by atoms with van der Waals surface area (Å²) in [4.78, 5) is 2.06. The van der Waals surface area contributed by atoms with Crippen molar-refractivity contribution < 1.29 is 16.8 Å².